The predicted octanol–water partition coefficient (Wildman–Crippen LogP) is 33.9. The smallest absolute Gasteiger partial charge is 0.139 e. The minimum Gasteiger partial charge on any atom is -0.456 e. The van der Waals surface area contributed by atoms with Crippen LogP contribution in [0.4, 0.5) is 0 Å². The van der Waals surface area contributed by atoms with Gasteiger partial charge in [0.2, 0.25) is 0 Å². The van der Waals surface area contributed by atoms with E-state index in [-0.39, 0.29) is 27.1 Å². The molecule has 630 valence electrons. The van der Waals surface area contributed by atoms with Crippen LogP contribution in [0.3, 0.4) is 0 Å². The summed E-state index contributed by atoms with van der Waals surface area (Å²) in [5, 5.41) is 0. The van der Waals surface area contributed by atoms with Gasteiger partial charge in [-0.15, -0.1) is 0 Å². The van der Waals surface area contributed by atoms with Gasteiger partial charge in [-0.1, -0.05) is 369 Å². The fraction of sp³-hybridized carbons (Fsp3) is 0.250. The van der Waals surface area contributed by atoms with Gasteiger partial charge in [0.15, 0.2) is 0 Å². The molecule has 5 nitrogen and oxygen atoms in total. The highest BCUT2D eigenvalue weighted by molar-refractivity contribution is 5.83. The van der Waals surface area contributed by atoms with Gasteiger partial charge in [0, 0.05) is 111 Å². The topological polar surface area (TPSA) is 46.2 Å². The highest BCUT2D eigenvalue weighted by Gasteiger charge is 2.42. The first-order chi connectivity index (χ1) is 59.6. The third-order valence-corrected chi connectivity index (χ3v) is 27.1. The lowest BCUT2D eigenvalue weighted by molar-refractivity contribution is 0.418. The van der Waals surface area contributed by atoms with Gasteiger partial charge in [-0.2, -0.15) is 0 Å². The molecule has 0 saturated heterocycles. The molecule has 5 heteroatoms. The van der Waals surface area contributed by atoms with Crippen LogP contribution in [0.5, 0.6) is 57.5 Å². The van der Waals surface area contributed by atoms with Crippen LogP contribution in [0.25, 0.3) is 55.6 Å². The quantitative estimate of drug-likeness (QED) is 0.159. The Morgan fingerprint density at radius 3 is 0.832 bits per heavy atom. The van der Waals surface area contributed by atoms with E-state index < -0.39 is 0 Å². The van der Waals surface area contributed by atoms with Gasteiger partial charge < -0.3 is 23.7 Å². The summed E-state index contributed by atoms with van der Waals surface area (Å²) in [5.41, 5.74) is 38.4. The number of aryl methyl sites for hydroxylation is 9. The molecule has 15 aromatic carbocycles. The molecule has 0 saturated carbocycles. The van der Waals surface area contributed by atoms with Gasteiger partial charge in [0.1, 0.15) is 57.5 Å². The molecule has 0 amide bonds. The van der Waals surface area contributed by atoms with Crippen molar-refractivity contribution in [3.63, 3.8) is 0 Å². The average Bonchev–Trinajstić information content (AvgIpc) is 0.776. The van der Waals surface area contributed by atoms with Crippen molar-refractivity contribution in [3.8, 4) is 113 Å². The third-order valence-electron chi connectivity index (χ3n) is 27.1. The van der Waals surface area contributed by atoms with Crippen molar-refractivity contribution in [2.45, 2.75) is 198 Å². The molecule has 5 heterocycles. The van der Waals surface area contributed by atoms with Crippen molar-refractivity contribution in [2.75, 3.05) is 0 Å². The summed E-state index contributed by atoms with van der Waals surface area (Å²) in [6.45, 7) is 51.2. The zero-order valence-corrected chi connectivity index (χ0v) is 77.5. The second kappa shape index (κ2) is 33.8. The molecule has 15 aromatic rings. The Bertz CT molecular complexity index is 6670. The molecular formula is C120H120O5. The predicted molar refractivity (Wildman–Crippen MR) is 523 cm³/mol. The maximum atomic E-state index is 6.48. The maximum Gasteiger partial charge on any atom is 0.139 e. The fourth-order valence-corrected chi connectivity index (χ4v) is 19.4. The van der Waals surface area contributed by atoms with E-state index in [1.54, 1.807) is 0 Å². The van der Waals surface area contributed by atoms with Gasteiger partial charge in [-0.25, -0.2) is 0 Å². The summed E-state index contributed by atoms with van der Waals surface area (Å²) >= 11 is 0. The monoisotopic (exact) mass is 1640 g/mol. The molecule has 0 bridgehead atoms. The first-order valence-electron chi connectivity index (χ1n) is 44.6. The molecule has 5 aliphatic rings. The highest BCUT2D eigenvalue weighted by atomic mass is 16.5. The van der Waals surface area contributed by atoms with E-state index in [9.17, 15) is 0 Å². The van der Waals surface area contributed by atoms with Gasteiger partial charge in [-0.3, -0.25) is 0 Å². The van der Waals surface area contributed by atoms with Crippen LogP contribution in [0.15, 0.2) is 297 Å². The Morgan fingerprint density at radius 1 is 0.192 bits per heavy atom. The lowest BCUT2D eigenvalue weighted by Crippen LogP contribution is -2.25. The minimum atomic E-state index is -0.0811. The number of hydrogen-bond acceptors (Lipinski definition) is 5. The molecule has 0 N–H and O–H groups in total. The van der Waals surface area contributed by atoms with Gasteiger partial charge in [0.25, 0.3) is 0 Å². The minimum absolute atomic E-state index is 0.0736. The molecule has 5 aliphatic heterocycles. The van der Waals surface area contributed by atoms with E-state index in [1.807, 2.05) is 18.2 Å². The highest BCUT2D eigenvalue weighted by Crippen LogP contribution is 2.58. The maximum absolute atomic E-state index is 6.48. The molecule has 20 rings (SSSR count). The largest absolute Gasteiger partial charge is 0.456 e. The van der Waals surface area contributed by atoms with Crippen LogP contribution in [0.2, 0.25) is 0 Å². The van der Waals surface area contributed by atoms with E-state index in [2.05, 4.69) is 438 Å². The number of ether oxygens (including phenoxy) is 5. The first-order valence-corrected chi connectivity index (χ1v) is 44.6. The Kier molecular flexibility index (Phi) is 23.2. The molecule has 125 heavy (non-hydrogen) atoms. The van der Waals surface area contributed by atoms with Crippen LogP contribution in [-0.4, -0.2) is 0 Å². The summed E-state index contributed by atoms with van der Waals surface area (Å²) in [5.74, 6) is 10.9. The molecule has 0 spiro atoms. The Labute approximate surface area is 744 Å². The second-order valence-electron chi connectivity index (χ2n) is 38.5. The summed E-state index contributed by atoms with van der Waals surface area (Å²) in [6, 6.07) is 106. The zero-order chi connectivity index (χ0) is 88.5. The number of fused-ring (bicyclic) bond motifs is 10. The zero-order valence-electron chi connectivity index (χ0n) is 77.5. The molecule has 0 aliphatic carbocycles. The van der Waals surface area contributed by atoms with E-state index in [4.69, 9.17) is 23.7 Å². The van der Waals surface area contributed by atoms with Crippen molar-refractivity contribution in [3.05, 3.63) is 414 Å². The SMILES string of the molecule is CC(C)c1cccc(-c2cccc3c2Oc2ccccc2C3(C)C)c1.Cc1ccc(-c2ccc(C)c3c2Oc2ccccc2C3(C)C)cc1C.Cc1ccc2c(c1)Oc1c(-c3ccc(C)c(C)c3)cccc1C2(C)C.Cc1ccc2c(c1)Oc1c(-c3cccc(C(C)C)c3)cccc1C2(C)C.Cc1cccc(-c2ccc(C)c3c2Oc2ccccc2C3(C)C)c1. The molecule has 0 aromatic heterocycles. The van der Waals surface area contributed by atoms with Crippen molar-refractivity contribution >= 4 is 0 Å². The summed E-state index contributed by atoms with van der Waals surface area (Å²) in [4.78, 5) is 0. The van der Waals surface area contributed by atoms with Crippen LogP contribution in [0, 0.1) is 62.3 Å². The number of benzene rings is 15. The lowest BCUT2D eigenvalue weighted by Gasteiger charge is -2.36. The second-order valence-corrected chi connectivity index (χ2v) is 38.5. The van der Waals surface area contributed by atoms with Crippen molar-refractivity contribution in [1.82, 2.24) is 0 Å². The van der Waals surface area contributed by atoms with Crippen LogP contribution < -0.4 is 23.7 Å². The molecule has 0 radical (unpaired) electrons. The standard InChI is InChI=1S/C25H26O.3C24H24O.C23H22O/c1-16(2)18-8-6-9-19(15-18)20-10-7-11-22-24(20)26-23-14-17(3)12-13-21(23)25(22,4)5;1-15-9-12-20-22(13-15)25-23-19(7-6-8-21(23)24(20,4)5)18-11-10-16(2)17(3)14-18;1-15-10-12-18(14-17(15)3)19-13-11-16(2)22-23(19)25-21-9-7-6-8-20(21)24(22,4)5;1-16(2)17-9-7-10-18(15-17)19-11-8-13-21-23(19)25-22-14-6-5-12-20(22)24(21,3)4;1-15-8-7-9-17(14-15)18-13-12-16(2)21-22(18)24-20-11-6-5-10-19(20)23(21,3)4/h6-16H,1-5H3;2*6-14H,1-5H3;5-16H,1-4H3;5-14H,1-4H3. The first kappa shape index (κ1) is 85.8. The fourth-order valence-electron chi connectivity index (χ4n) is 19.4. The Morgan fingerprint density at radius 2 is 0.472 bits per heavy atom. The van der Waals surface area contributed by atoms with E-state index in [1.165, 1.54) is 172 Å². The lowest BCUT2D eigenvalue weighted by atomic mass is 9.73. The van der Waals surface area contributed by atoms with E-state index in [0.29, 0.717) is 11.8 Å². The van der Waals surface area contributed by atoms with Gasteiger partial charge in [0.05, 0.1) is 0 Å². The van der Waals surface area contributed by atoms with E-state index >= 15 is 0 Å². The normalized spacial score (nSPS) is 14.5. The molecule has 0 unspecified atom stereocenters. The van der Waals surface area contributed by atoms with Gasteiger partial charge >= 0.3 is 0 Å². The van der Waals surface area contributed by atoms with Crippen molar-refractivity contribution in [2.24, 2.45) is 0 Å². The summed E-state index contributed by atoms with van der Waals surface area (Å²) in [6.07, 6.45) is 0. The van der Waals surface area contributed by atoms with E-state index in [0.717, 1.165) is 57.5 Å². The molecule has 0 atom stereocenters. The van der Waals surface area contributed by atoms with Crippen molar-refractivity contribution in [1.29, 1.82) is 0 Å². The number of rotatable bonds is 7. The Balaban J connectivity index is 0.000000115. The summed E-state index contributed by atoms with van der Waals surface area (Å²) < 4.78 is 32.2. The van der Waals surface area contributed by atoms with Crippen molar-refractivity contribution < 1.29 is 23.7 Å². The molecular weight excluding hydrogens is 1520 g/mol. The number of para-hydroxylation sites is 6. The van der Waals surface area contributed by atoms with Gasteiger partial charge in [-0.05, 0) is 188 Å². The van der Waals surface area contributed by atoms with Crippen LogP contribution in [-0.2, 0) is 27.1 Å². The average molecular weight is 1640 g/mol. The third kappa shape index (κ3) is 16.2. The summed E-state index contributed by atoms with van der Waals surface area (Å²) in [7, 11) is 0. The van der Waals surface area contributed by atoms with Crippen LogP contribution >= 0.6 is 0 Å². The Hall–Kier alpha value is -12.7. The van der Waals surface area contributed by atoms with Crippen LogP contribution in [0.1, 0.15) is 226 Å². The molecule has 0 fully saturated rings. The number of hydrogen-bond donors (Lipinski definition) is 0.